The van der Waals surface area contributed by atoms with Crippen LogP contribution in [0.3, 0.4) is 0 Å². The highest BCUT2D eigenvalue weighted by Gasteiger charge is 2.26. The summed E-state index contributed by atoms with van der Waals surface area (Å²) in [6.45, 7) is 7.70. The van der Waals surface area contributed by atoms with Crippen molar-refractivity contribution in [3.8, 4) is 11.4 Å². The van der Waals surface area contributed by atoms with Crippen LogP contribution in [0, 0.1) is 19.7 Å². The smallest absolute Gasteiger partial charge is 0.179 e. The van der Waals surface area contributed by atoms with E-state index in [-0.39, 0.29) is 11.9 Å². The summed E-state index contributed by atoms with van der Waals surface area (Å²) in [6.07, 6.45) is 0.907. The predicted molar refractivity (Wildman–Crippen MR) is 102 cm³/mol. The number of rotatable bonds is 4. The molecule has 2 aromatic heterocycles. The second kappa shape index (κ2) is 6.77. The minimum absolute atomic E-state index is 0.120. The van der Waals surface area contributed by atoms with Crippen LogP contribution in [-0.2, 0) is 0 Å². The zero-order chi connectivity index (χ0) is 19.1. The second-order valence-electron chi connectivity index (χ2n) is 6.87. The standard InChI is InChI=1S/C19H23FN6O/c1-4-27-14-5-6-16(15(20)9-14)26-12(3)17-11(2)22-23-19(18(17)24-26)25-8-7-13(21)10-25/h5-6,9,13H,4,7-8,10,21H2,1-3H3/t13-/m1/s1. The van der Waals surface area contributed by atoms with E-state index in [9.17, 15) is 4.39 Å². The van der Waals surface area contributed by atoms with Crippen LogP contribution in [-0.4, -0.2) is 45.7 Å². The van der Waals surface area contributed by atoms with Gasteiger partial charge in [-0.05, 0) is 39.3 Å². The van der Waals surface area contributed by atoms with Crippen molar-refractivity contribution in [1.29, 1.82) is 0 Å². The summed E-state index contributed by atoms with van der Waals surface area (Å²) in [6, 6.07) is 4.93. The fourth-order valence-electron chi connectivity index (χ4n) is 3.65. The molecule has 0 amide bonds. The normalized spacial score (nSPS) is 17.1. The fourth-order valence-corrected chi connectivity index (χ4v) is 3.65. The first kappa shape index (κ1) is 17.7. The van der Waals surface area contributed by atoms with E-state index < -0.39 is 0 Å². The molecule has 1 aromatic carbocycles. The van der Waals surface area contributed by atoms with Crippen molar-refractivity contribution in [1.82, 2.24) is 20.0 Å². The van der Waals surface area contributed by atoms with E-state index in [2.05, 4.69) is 15.1 Å². The molecule has 0 radical (unpaired) electrons. The van der Waals surface area contributed by atoms with Crippen LogP contribution in [0.25, 0.3) is 16.6 Å². The molecule has 7 nitrogen and oxygen atoms in total. The Balaban J connectivity index is 1.86. The third-order valence-corrected chi connectivity index (χ3v) is 4.97. The highest BCUT2D eigenvalue weighted by molar-refractivity contribution is 5.92. The summed E-state index contributed by atoms with van der Waals surface area (Å²) in [5, 5.41) is 14.3. The van der Waals surface area contributed by atoms with Gasteiger partial charge >= 0.3 is 0 Å². The Labute approximate surface area is 156 Å². The molecule has 1 aliphatic heterocycles. The first-order chi connectivity index (χ1) is 13.0. The molecule has 27 heavy (non-hydrogen) atoms. The molecular formula is C19H23FN6O. The predicted octanol–water partition coefficient (Wildman–Crippen LogP) is 2.51. The van der Waals surface area contributed by atoms with E-state index in [0.29, 0.717) is 23.9 Å². The fraction of sp³-hybridized carbons (Fsp3) is 0.421. The van der Waals surface area contributed by atoms with E-state index in [1.54, 1.807) is 16.8 Å². The lowest BCUT2D eigenvalue weighted by atomic mass is 10.2. The molecule has 2 N–H and O–H groups in total. The van der Waals surface area contributed by atoms with Gasteiger partial charge in [0.15, 0.2) is 11.6 Å². The molecule has 8 heteroatoms. The summed E-state index contributed by atoms with van der Waals surface area (Å²) in [5.74, 6) is 0.816. The number of ether oxygens (including phenoxy) is 1. The Morgan fingerprint density at radius 3 is 2.78 bits per heavy atom. The molecule has 0 aliphatic carbocycles. The Morgan fingerprint density at radius 1 is 1.30 bits per heavy atom. The molecular weight excluding hydrogens is 347 g/mol. The SMILES string of the molecule is CCOc1ccc(-n2nc3c(N4CC[C@@H](N)C4)nnc(C)c3c2C)c(F)c1. The molecule has 142 valence electrons. The van der Waals surface area contributed by atoms with Crippen LogP contribution in [0.5, 0.6) is 5.75 Å². The van der Waals surface area contributed by atoms with Gasteiger partial charge in [-0.1, -0.05) is 0 Å². The average Bonchev–Trinajstić information content (AvgIpc) is 3.20. The number of anilines is 1. The first-order valence-electron chi connectivity index (χ1n) is 9.15. The summed E-state index contributed by atoms with van der Waals surface area (Å²) >= 11 is 0. The van der Waals surface area contributed by atoms with Gasteiger partial charge in [-0.25, -0.2) is 9.07 Å². The van der Waals surface area contributed by atoms with Gasteiger partial charge in [-0.15, -0.1) is 5.10 Å². The Kier molecular flexibility index (Phi) is 4.43. The number of nitrogens with zero attached hydrogens (tertiary/aromatic N) is 5. The van der Waals surface area contributed by atoms with Crippen LogP contribution in [0.1, 0.15) is 24.7 Å². The second-order valence-corrected chi connectivity index (χ2v) is 6.87. The molecule has 3 aromatic rings. The minimum atomic E-state index is -0.389. The Morgan fingerprint density at radius 2 is 2.11 bits per heavy atom. The van der Waals surface area contributed by atoms with Crippen molar-refractivity contribution < 1.29 is 9.13 Å². The van der Waals surface area contributed by atoms with Crippen LogP contribution < -0.4 is 15.4 Å². The quantitative estimate of drug-likeness (QED) is 0.760. The molecule has 3 heterocycles. The summed E-state index contributed by atoms with van der Waals surface area (Å²) in [4.78, 5) is 2.10. The number of aryl methyl sites for hydroxylation is 2. The van der Waals surface area contributed by atoms with Crippen molar-refractivity contribution >= 4 is 16.7 Å². The van der Waals surface area contributed by atoms with E-state index >= 15 is 0 Å². The number of hydrogen-bond acceptors (Lipinski definition) is 6. The summed E-state index contributed by atoms with van der Waals surface area (Å²) < 4.78 is 21.7. The van der Waals surface area contributed by atoms with Crippen molar-refractivity contribution in [2.45, 2.75) is 33.2 Å². The number of aromatic nitrogens is 4. The number of hydrogen-bond donors (Lipinski definition) is 1. The lowest BCUT2D eigenvalue weighted by molar-refractivity contribution is 0.338. The third-order valence-electron chi connectivity index (χ3n) is 4.97. The molecule has 1 aliphatic rings. The largest absolute Gasteiger partial charge is 0.494 e. The van der Waals surface area contributed by atoms with E-state index in [1.165, 1.54) is 6.07 Å². The first-order valence-corrected chi connectivity index (χ1v) is 9.15. The van der Waals surface area contributed by atoms with Gasteiger partial charge in [0.2, 0.25) is 0 Å². The molecule has 1 atom stereocenters. The lowest BCUT2D eigenvalue weighted by Crippen LogP contribution is -2.27. The zero-order valence-corrected chi connectivity index (χ0v) is 15.7. The molecule has 0 saturated carbocycles. The molecule has 0 bridgehead atoms. The number of benzene rings is 1. The van der Waals surface area contributed by atoms with Crippen molar-refractivity contribution in [2.75, 3.05) is 24.6 Å². The van der Waals surface area contributed by atoms with Gasteiger partial charge < -0.3 is 15.4 Å². The summed E-state index contributed by atoms with van der Waals surface area (Å²) in [5.41, 5.74) is 8.73. The Bertz CT molecular complexity index is 1000. The van der Waals surface area contributed by atoms with Gasteiger partial charge in [0.05, 0.1) is 23.4 Å². The van der Waals surface area contributed by atoms with Crippen molar-refractivity contribution in [3.05, 3.63) is 35.4 Å². The maximum atomic E-state index is 14.7. The van der Waals surface area contributed by atoms with Crippen LogP contribution >= 0.6 is 0 Å². The molecule has 1 saturated heterocycles. The maximum Gasteiger partial charge on any atom is 0.179 e. The minimum Gasteiger partial charge on any atom is -0.494 e. The molecule has 1 fully saturated rings. The van der Waals surface area contributed by atoms with E-state index in [4.69, 9.17) is 15.6 Å². The summed E-state index contributed by atoms with van der Waals surface area (Å²) in [7, 11) is 0. The van der Waals surface area contributed by atoms with Gasteiger partial charge in [0.1, 0.15) is 17.0 Å². The third kappa shape index (κ3) is 2.99. The average molecular weight is 370 g/mol. The van der Waals surface area contributed by atoms with Crippen molar-refractivity contribution in [3.63, 3.8) is 0 Å². The van der Waals surface area contributed by atoms with Crippen LogP contribution in [0.2, 0.25) is 0 Å². The van der Waals surface area contributed by atoms with Crippen molar-refractivity contribution in [2.24, 2.45) is 5.73 Å². The lowest BCUT2D eigenvalue weighted by Gasteiger charge is -2.16. The van der Waals surface area contributed by atoms with Gasteiger partial charge in [-0.3, -0.25) is 0 Å². The number of halogens is 1. The van der Waals surface area contributed by atoms with Crippen LogP contribution in [0.15, 0.2) is 18.2 Å². The molecule has 0 spiro atoms. The maximum absolute atomic E-state index is 14.7. The van der Waals surface area contributed by atoms with E-state index in [0.717, 1.165) is 41.8 Å². The number of nitrogens with two attached hydrogens (primary N) is 1. The molecule has 4 rings (SSSR count). The monoisotopic (exact) mass is 370 g/mol. The topological polar surface area (TPSA) is 82.1 Å². The Hall–Kier alpha value is -2.74. The van der Waals surface area contributed by atoms with Gasteiger partial charge in [-0.2, -0.15) is 10.2 Å². The highest BCUT2D eigenvalue weighted by Crippen LogP contribution is 2.31. The van der Waals surface area contributed by atoms with Crippen LogP contribution in [0.4, 0.5) is 10.2 Å². The van der Waals surface area contributed by atoms with E-state index in [1.807, 2.05) is 20.8 Å². The number of fused-ring (bicyclic) bond motifs is 1. The zero-order valence-electron chi connectivity index (χ0n) is 15.7. The van der Waals surface area contributed by atoms with Gasteiger partial charge in [0.25, 0.3) is 0 Å². The molecule has 0 unspecified atom stereocenters. The van der Waals surface area contributed by atoms with Gasteiger partial charge in [0, 0.05) is 25.2 Å². The highest BCUT2D eigenvalue weighted by atomic mass is 19.1.